The first-order chi connectivity index (χ1) is 13.9. The molecule has 146 valence electrons. The van der Waals surface area contributed by atoms with E-state index in [0.29, 0.717) is 15.1 Å². The molecule has 0 atom stereocenters. The first-order valence-electron chi connectivity index (χ1n) is 9.22. The van der Waals surface area contributed by atoms with Crippen molar-refractivity contribution in [2.45, 2.75) is 20.8 Å². The lowest BCUT2D eigenvalue weighted by Gasteiger charge is -2.09. The van der Waals surface area contributed by atoms with Crippen LogP contribution >= 0.6 is 23.4 Å². The third-order valence-electron chi connectivity index (χ3n) is 4.82. The minimum absolute atomic E-state index is 0.141. The minimum Gasteiger partial charge on any atom is -0.318 e. The minimum atomic E-state index is -0.141. The quantitative estimate of drug-likeness (QED) is 0.531. The normalized spacial score (nSPS) is 16.6. The van der Waals surface area contributed by atoms with Crippen molar-refractivity contribution in [3.8, 4) is 5.69 Å². The fourth-order valence-corrected chi connectivity index (χ4v) is 4.33. The summed E-state index contributed by atoms with van der Waals surface area (Å²) in [5, 5.41) is 4.03. The fourth-order valence-electron chi connectivity index (χ4n) is 3.34. The molecule has 1 aromatic heterocycles. The van der Waals surface area contributed by atoms with Gasteiger partial charge < -0.3 is 9.88 Å². The lowest BCUT2D eigenvalue weighted by atomic mass is 10.2. The van der Waals surface area contributed by atoms with Gasteiger partial charge in [0.25, 0.3) is 5.91 Å². The van der Waals surface area contributed by atoms with Crippen LogP contribution in [0.1, 0.15) is 22.5 Å². The zero-order valence-corrected chi connectivity index (χ0v) is 17.9. The second-order valence-electron chi connectivity index (χ2n) is 6.91. The number of hydrogen-bond acceptors (Lipinski definition) is 3. The SMILES string of the molecule is Cc1ccc(Cl)cc1N=C1NC(=O)/C(=C/c2cc(C)n(-c3ccccc3)c2C)S1. The molecule has 0 unspecified atom stereocenters. The van der Waals surface area contributed by atoms with E-state index in [1.807, 2.05) is 43.3 Å². The van der Waals surface area contributed by atoms with E-state index in [0.717, 1.165) is 33.9 Å². The highest BCUT2D eigenvalue weighted by atomic mass is 35.5. The molecule has 2 aromatic carbocycles. The van der Waals surface area contributed by atoms with Gasteiger partial charge in [-0.15, -0.1) is 0 Å². The molecule has 1 amide bonds. The zero-order chi connectivity index (χ0) is 20.5. The van der Waals surface area contributed by atoms with Crippen LogP contribution in [-0.4, -0.2) is 15.6 Å². The van der Waals surface area contributed by atoms with Crippen molar-refractivity contribution < 1.29 is 4.79 Å². The number of amides is 1. The van der Waals surface area contributed by atoms with Gasteiger partial charge in [-0.2, -0.15) is 0 Å². The predicted molar refractivity (Wildman–Crippen MR) is 122 cm³/mol. The van der Waals surface area contributed by atoms with Crippen LogP contribution in [0.4, 0.5) is 5.69 Å². The molecule has 4 nitrogen and oxygen atoms in total. The summed E-state index contributed by atoms with van der Waals surface area (Å²) in [5.74, 6) is -0.141. The van der Waals surface area contributed by atoms with Crippen LogP contribution in [0.3, 0.4) is 0 Å². The summed E-state index contributed by atoms with van der Waals surface area (Å²) >= 11 is 7.42. The Bertz CT molecular complexity index is 1160. The van der Waals surface area contributed by atoms with Crippen molar-refractivity contribution in [3.05, 3.63) is 87.0 Å². The summed E-state index contributed by atoms with van der Waals surface area (Å²) in [4.78, 5) is 17.7. The number of aryl methyl sites for hydroxylation is 2. The van der Waals surface area contributed by atoms with Gasteiger partial charge in [0.1, 0.15) is 0 Å². The summed E-state index contributed by atoms with van der Waals surface area (Å²) in [6, 6.07) is 17.8. The number of carbonyl (C=O) groups is 1. The molecule has 1 saturated heterocycles. The molecule has 3 aromatic rings. The molecule has 1 aliphatic rings. The molecule has 2 heterocycles. The monoisotopic (exact) mass is 421 g/mol. The Labute approximate surface area is 179 Å². The van der Waals surface area contributed by atoms with Crippen molar-refractivity contribution in [2.24, 2.45) is 4.99 Å². The number of para-hydroxylation sites is 1. The summed E-state index contributed by atoms with van der Waals surface area (Å²) in [7, 11) is 0. The van der Waals surface area contributed by atoms with Crippen LogP contribution in [0.2, 0.25) is 5.02 Å². The zero-order valence-electron chi connectivity index (χ0n) is 16.4. The number of nitrogens with zero attached hydrogens (tertiary/aromatic N) is 2. The lowest BCUT2D eigenvalue weighted by Crippen LogP contribution is -2.19. The molecule has 0 saturated carbocycles. The molecule has 0 radical (unpaired) electrons. The van der Waals surface area contributed by atoms with Gasteiger partial charge in [0.05, 0.1) is 10.6 Å². The standard InChI is InChI=1S/C23H20ClN3OS/c1-14-9-10-18(24)13-20(14)25-23-26-22(28)21(29-23)12-17-11-15(2)27(16(17)3)19-7-5-4-6-8-19/h4-13H,1-3H3,(H,25,26,28)/b21-12-. The lowest BCUT2D eigenvalue weighted by molar-refractivity contribution is -0.115. The summed E-state index contributed by atoms with van der Waals surface area (Å²) in [5.41, 5.74) is 6.08. The van der Waals surface area contributed by atoms with Gasteiger partial charge in [-0.25, -0.2) is 4.99 Å². The average Bonchev–Trinajstić information content (AvgIpc) is 3.17. The second-order valence-corrected chi connectivity index (χ2v) is 8.38. The number of benzene rings is 2. The van der Waals surface area contributed by atoms with Crippen molar-refractivity contribution in [1.82, 2.24) is 9.88 Å². The van der Waals surface area contributed by atoms with E-state index in [2.05, 4.69) is 46.9 Å². The van der Waals surface area contributed by atoms with E-state index < -0.39 is 0 Å². The Balaban J connectivity index is 1.65. The topological polar surface area (TPSA) is 46.4 Å². The van der Waals surface area contributed by atoms with E-state index in [9.17, 15) is 4.79 Å². The molecule has 1 aliphatic heterocycles. The number of rotatable bonds is 3. The smallest absolute Gasteiger partial charge is 0.264 e. The van der Waals surface area contributed by atoms with Crippen LogP contribution in [0.15, 0.2) is 64.5 Å². The Hall–Kier alpha value is -2.76. The number of hydrogen-bond donors (Lipinski definition) is 1. The van der Waals surface area contributed by atoms with Crippen molar-refractivity contribution in [3.63, 3.8) is 0 Å². The van der Waals surface area contributed by atoms with E-state index >= 15 is 0 Å². The number of thioether (sulfide) groups is 1. The number of carbonyl (C=O) groups excluding carboxylic acids is 1. The van der Waals surface area contributed by atoms with Crippen molar-refractivity contribution in [2.75, 3.05) is 0 Å². The van der Waals surface area contributed by atoms with Crippen LogP contribution < -0.4 is 5.32 Å². The number of amidine groups is 1. The molecule has 1 fully saturated rings. The van der Waals surface area contributed by atoms with Gasteiger partial charge in [0, 0.05) is 22.1 Å². The first-order valence-corrected chi connectivity index (χ1v) is 10.4. The Morgan fingerprint density at radius 1 is 1.07 bits per heavy atom. The van der Waals surface area contributed by atoms with E-state index in [1.165, 1.54) is 11.8 Å². The molecule has 4 rings (SSSR count). The van der Waals surface area contributed by atoms with E-state index in [1.54, 1.807) is 6.07 Å². The maximum atomic E-state index is 12.5. The van der Waals surface area contributed by atoms with E-state index in [4.69, 9.17) is 11.6 Å². The molecule has 0 spiro atoms. The maximum Gasteiger partial charge on any atom is 0.264 e. The summed E-state index contributed by atoms with van der Waals surface area (Å²) < 4.78 is 2.19. The number of aliphatic imine (C=N–C) groups is 1. The Morgan fingerprint density at radius 2 is 1.83 bits per heavy atom. The number of aromatic nitrogens is 1. The predicted octanol–water partition coefficient (Wildman–Crippen LogP) is 5.95. The van der Waals surface area contributed by atoms with Crippen LogP contribution in [0.5, 0.6) is 0 Å². The van der Waals surface area contributed by atoms with Crippen LogP contribution in [-0.2, 0) is 4.79 Å². The number of halogens is 1. The third kappa shape index (κ3) is 4.02. The second kappa shape index (κ2) is 7.93. The maximum absolute atomic E-state index is 12.5. The van der Waals surface area contributed by atoms with Gasteiger partial charge in [0.15, 0.2) is 5.17 Å². The fraction of sp³-hybridized carbons (Fsp3) is 0.130. The van der Waals surface area contributed by atoms with Crippen LogP contribution in [0, 0.1) is 20.8 Å². The van der Waals surface area contributed by atoms with Crippen molar-refractivity contribution >= 4 is 46.2 Å². The average molecular weight is 422 g/mol. The van der Waals surface area contributed by atoms with Crippen molar-refractivity contribution in [1.29, 1.82) is 0 Å². The molecule has 1 N–H and O–H groups in total. The largest absolute Gasteiger partial charge is 0.318 e. The number of nitrogens with one attached hydrogen (secondary N) is 1. The molecule has 29 heavy (non-hydrogen) atoms. The summed E-state index contributed by atoms with van der Waals surface area (Å²) in [6.45, 7) is 6.10. The molecule has 0 aliphatic carbocycles. The van der Waals surface area contributed by atoms with Gasteiger partial charge in [0.2, 0.25) is 0 Å². The Kier molecular flexibility index (Phi) is 5.35. The highest BCUT2D eigenvalue weighted by Crippen LogP contribution is 2.32. The van der Waals surface area contributed by atoms with Crippen LogP contribution in [0.25, 0.3) is 11.8 Å². The molecular formula is C23H20ClN3OS. The third-order valence-corrected chi connectivity index (χ3v) is 5.96. The highest BCUT2D eigenvalue weighted by molar-refractivity contribution is 8.18. The molecule has 0 bridgehead atoms. The van der Waals surface area contributed by atoms with Gasteiger partial charge in [-0.05, 0) is 80.1 Å². The van der Waals surface area contributed by atoms with Gasteiger partial charge in [-0.1, -0.05) is 35.9 Å². The first kappa shape index (κ1) is 19.6. The molecule has 6 heteroatoms. The van der Waals surface area contributed by atoms with E-state index in [-0.39, 0.29) is 5.91 Å². The van der Waals surface area contributed by atoms with Gasteiger partial charge in [-0.3, -0.25) is 4.79 Å². The highest BCUT2D eigenvalue weighted by Gasteiger charge is 2.25. The Morgan fingerprint density at radius 3 is 2.59 bits per heavy atom. The summed E-state index contributed by atoms with van der Waals surface area (Å²) in [6.07, 6.45) is 1.93. The molecular weight excluding hydrogens is 402 g/mol. The van der Waals surface area contributed by atoms with Gasteiger partial charge >= 0.3 is 0 Å².